The molecule has 0 atom stereocenters. The average Bonchev–Trinajstić information content (AvgIpc) is 2.71. The second-order valence-corrected chi connectivity index (χ2v) is 6.23. The second-order valence-electron chi connectivity index (χ2n) is 6.23. The summed E-state index contributed by atoms with van der Waals surface area (Å²) in [5, 5.41) is 25.5. The van der Waals surface area contributed by atoms with E-state index in [0.717, 1.165) is 5.56 Å². The largest absolute Gasteiger partial charge is 0.508 e. The van der Waals surface area contributed by atoms with Crippen LogP contribution in [0.1, 0.15) is 21.5 Å². The fourth-order valence-corrected chi connectivity index (χ4v) is 2.56. The Morgan fingerprint density at radius 1 is 0.931 bits per heavy atom. The zero-order valence-electron chi connectivity index (χ0n) is 15.4. The maximum Gasteiger partial charge on any atom is 0.271 e. The fourth-order valence-electron chi connectivity index (χ4n) is 2.56. The molecule has 29 heavy (non-hydrogen) atoms. The molecule has 3 aromatic rings. The van der Waals surface area contributed by atoms with Crippen molar-refractivity contribution < 1.29 is 19.8 Å². The first kappa shape index (κ1) is 19.6. The smallest absolute Gasteiger partial charge is 0.271 e. The molecule has 0 unspecified atom stereocenters. The number of carbonyl (C=O) groups is 2. The number of hydrogen-bond donors (Lipinski definition) is 4. The first-order valence-electron chi connectivity index (χ1n) is 8.80. The Hall–Kier alpha value is -4.13. The number of aromatic hydroxyl groups is 2. The predicted octanol–water partition coefficient (Wildman–Crippen LogP) is 3.04. The molecule has 0 fully saturated rings. The lowest BCUT2D eigenvalue weighted by atomic mass is 10.1. The van der Waals surface area contributed by atoms with Crippen LogP contribution in [0.2, 0.25) is 0 Å². The highest BCUT2D eigenvalue weighted by Crippen LogP contribution is 2.20. The van der Waals surface area contributed by atoms with Gasteiger partial charge in [0.05, 0.1) is 12.6 Å². The SMILES string of the molecule is O=C(Cc1ccccc1)Nc1ccc(C(=O)N/N=C\c2ccc(O)cc2O)cc1. The lowest BCUT2D eigenvalue weighted by molar-refractivity contribution is -0.115. The first-order chi connectivity index (χ1) is 14.0. The third kappa shape index (κ3) is 5.67. The van der Waals surface area contributed by atoms with Gasteiger partial charge in [0.25, 0.3) is 5.91 Å². The van der Waals surface area contributed by atoms with Crippen molar-refractivity contribution in [3.63, 3.8) is 0 Å². The number of phenolic OH excluding ortho intramolecular Hbond substituents is 2. The minimum absolute atomic E-state index is 0.0698. The Morgan fingerprint density at radius 2 is 1.66 bits per heavy atom. The van der Waals surface area contributed by atoms with Crippen LogP contribution in [0.5, 0.6) is 11.5 Å². The Kier molecular flexibility index (Phi) is 6.22. The van der Waals surface area contributed by atoms with Crippen molar-refractivity contribution in [3.8, 4) is 11.5 Å². The van der Waals surface area contributed by atoms with Crippen LogP contribution in [-0.4, -0.2) is 28.2 Å². The third-order valence-electron chi connectivity index (χ3n) is 4.02. The molecular weight excluding hydrogens is 370 g/mol. The molecule has 0 heterocycles. The van der Waals surface area contributed by atoms with Gasteiger partial charge in [0, 0.05) is 22.9 Å². The van der Waals surface area contributed by atoms with E-state index in [4.69, 9.17) is 0 Å². The standard InChI is InChI=1S/C22H19N3O4/c26-19-11-8-17(20(27)13-19)14-23-25-22(29)16-6-9-18(10-7-16)24-21(28)12-15-4-2-1-3-5-15/h1-11,13-14,26-27H,12H2,(H,24,28)(H,25,29)/b23-14-. The number of phenols is 2. The number of amides is 2. The van der Waals surface area contributed by atoms with Crippen LogP contribution < -0.4 is 10.7 Å². The van der Waals surface area contributed by atoms with Crippen molar-refractivity contribution in [3.05, 3.63) is 89.5 Å². The summed E-state index contributed by atoms with van der Waals surface area (Å²) in [5.74, 6) is -0.813. The maximum absolute atomic E-state index is 12.1. The quantitative estimate of drug-likeness (QED) is 0.383. The highest BCUT2D eigenvalue weighted by atomic mass is 16.3. The number of hydrogen-bond acceptors (Lipinski definition) is 5. The Bertz CT molecular complexity index is 1030. The number of nitrogens with zero attached hydrogens (tertiary/aromatic N) is 1. The van der Waals surface area contributed by atoms with E-state index in [9.17, 15) is 19.8 Å². The minimum atomic E-state index is -0.443. The Labute approximate surface area is 167 Å². The van der Waals surface area contributed by atoms with Gasteiger partial charge in [-0.25, -0.2) is 5.43 Å². The Balaban J connectivity index is 1.54. The normalized spacial score (nSPS) is 10.6. The fraction of sp³-hybridized carbons (Fsp3) is 0.0455. The molecule has 0 bridgehead atoms. The molecule has 0 aliphatic rings. The van der Waals surface area contributed by atoms with Gasteiger partial charge in [0.15, 0.2) is 0 Å². The highest BCUT2D eigenvalue weighted by molar-refractivity contribution is 5.96. The van der Waals surface area contributed by atoms with Crippen LogP contribution in [0.4, 0.5) is 5.69 Å². The van der Waals surface area contributed by atoms with E-state index < -0.39 is 5.91 Å². The minimum Gasteiger partial charge on any atom is -0.508 e. The number of rotatable bonds is 6. The van der Waals surface area contributed by atoms with E-state index in [1.807, 2.05) is 30.3 Å². The number of carbonyl (C=O) groups excluding carboxylic acids is 2. The summed E-state index contributed by atoms with van der Waals surface area (Å²) in [4.78, 5) is 24.2. The zero-order chi connectivity index (χ0) is 20.6. The van der Waals surface area contributed by atoms with Gasteiger partial charge in [0.2, 0.25) is 5.91 Å². The summed E-state index contributed by atoms with van der Waals surface area (Å²) in [6.45, 7) is 0. The van der Waals surface area contributed by atoms with Crippen molar-refractivity contribution in [2.75, 3.05) is 5.32 Å². The summed E-state index contributed by atoms with van der Waals surface area (Å²) in [7, 11) is 0. The molecule has 146 valence electrons. The van der Waals surface area contributed by atoms with Gasteiger partial charge >= 0.3 is 0 Å². The molecule has 0 saturated carbocycles. The van der Waals surface area contributed by atoms with Crippen molar-refractivity contribution in [1.29, 1.82) is 0 Å². The van der Waals surface area contributed by atoms with Crippen molar-refractivity contribution in [2.24, 2.45) is 5.10 Å². The Morgan fingerprint density at radius 3 is 2.34 bits per heavy atom. The van der Waals surface area contributed by atoms with E-state index in [1.54, 1.807) is 24.3 Å². The molecule has 0 aliphatic carbocycles. The molecule has 0 spiro atoms. The summed E-state index contributed by atoms with van der Waals surface area (Å²) >= 11 is 0. The molecule has 7 nitrogen and oxygen atoms in total. The molecule has 0 saturated heterocycles. The van der Waals surface area contributed by atoms with E-state index in [1.165, 1.54) is 24.4 Å². The van der Waals surface area contributed by atoms with Gasteiger partial charge in [-0.1, -0.05) is 30.3 Å². The number of anilines is 1. The van der Waals surface area contributed by atoms with Crippen LogP contribution in [-0.2, 0) is 11.2 Å². The summed E-state index contributed by atoms with van der Waals surface area (Å²) in [6, 6.07) is 19.8. The lowest BCUT2D eigenvalue weighted by Gasteiger charge is -2.06. The second kappa shape index (κ2) is 9.18. The molecule has 4 N–H and O–H groups in total. The van der Waals surface area contributed by atoms with Crippen LogP contribution >= 0.6 is 0 Å². The summed E-state index contributed by atoms with van der Waals surface area (Å²) < 4.78 is 0. The number of hydrazone groups is 1. The maximum atomic E-state index is 12.1. The number of nitrogens with one attached hydrogen (secondary N) is 2. The molecule has 7 heteroatoms. The van der Waals surface area contributed by atoms with Gasteiger partial charge in [-0.05, 0) is 42.0 Å². The van der Waals surface area contributed by atoms with Crippen LogP contribution in [0.25, 0.3) is 0 Å². The summed E-state index contributed by atoms with van der Waals surface area (Å²) in [5.41, 5.74) is 4.56. The number of benzene rings is 3. The van der Waals surface area contributed by atoms with Crippen molar-refractivity contribution in [2.45, 2.75) is 6.42 Å². The van der Waals surface area contributed by atoms with Gasteiger partial charge < -0.3 is 15.5 Å². The van der Waals surface area contributed by atoms with E-state index in [2.05, 4.69) is 15.8 Å². The third-order valence-corrected chi connectivity index (χ3v) is 4.02. The van der Waals surface area contributed by atoms with Crippen molar-refractivity contribution >= 4 is 23.7 Å². The van der Waals surface area contributed by atoms with Crippen molar-refractivity contribution in [1.82, 2.24) is 5.43 Å². The molecule has 3 rings (SSSR count). The van der Waals surface area contributed by atoms with E-state index in [-0.39, 0.29) is 23.8 Å². The molecule has 0 aliphatic heterocycles. The molecule has 3 aromatic carbocycles. The monoisotopic (exact) mass is 389 g/mol. The molecule has 2 amide bonds. The topological polar surface area (TPSA) is 111 Å². The average molecular weight is 389 g/mol. The van der Waals surface area contributed by atoms with Gasteiger partial charge in [-0.3, -0.25) is 9.59 Å². The first-order valence-corrected chi connectivity index (χ1v) is 8.80. The molecular formula is C22H19N3O4. The molecule has 0 radical (unpaired) electrons. The molecule has 0 aromatic heterocycles. The zero-order valence-corrected chi connectivity index (χ0v) is 15.4. The van der Waals surface area contributed by atoms with Crippen LogP contribution in [0.15, 0.2) is 77.9 Å². The van der Waals surface area contributed by atoms with Crippen LogP contribution in [0.3, 0.4) is 0 Å². The highest BCUT2D eigenvalue weighted by Gasteiger charge is 2.07. The van der Waals surface area contributed by atoms with E-state index in [0.29, 0.717) is 16.8 Å². The van der Waals surface area contributed by atoms with Gasteiger partial charge in [0.1, 0.15) is 11.5 Å². The van der Waals surface area contributed by atoms with Crippen LogP contribution in [0, 0.1) is 0 Å². The predicted molar refractivity (Wildman–Crippen MR) is 110 cm³/mol. The van der Waals surface area contributed by atoms with Gasteiger partial charge in [-0.15, -0.1) is 0 Å². The van der Waals surface area contributed by atoms with E-state index >= 15 is 0 Å². The van der Waals surface area contributed by atoms with Gasteiger partial charge in [-0.2, -0.15) is 5.10 Å². The lowest BCUT2D eigenvalue weighted by Crippen LogP contribution is -2.18. The summed E-state index contributed by atoms with van der Waals surface area (Å²) in [6.07, 6.45) is 1.53.